The Morgan fingerprint density at radius 3 is 2.48 bits per heavy atom. The van der Waals surface area contributed by atoms with E-state index < -0.39 is 0 Å². The average Bonchev–Trinajstić information content (AvgIpc) is 3.15. The van der Waals surface area contributed by atoms with Gasteiger partial charge in [-0.1, -0.05) is 42.5 Å². The van der Waals surface area contributed by atoms with Crippen molar-refractivity contribution in [1.29, 1.82) is 0 Å². The molecular formula is C20H22N4O. The lowest BCUT2D eigenvalue weighted by molar-refractivity contribution is -0.119. The van der Waals surface area contributed by atoms with Gasteiger partial charge in [-0.3, -0.25) is 4.79 Å². The van der Waals surface area contributed by atoms with E-state index in [9.17, 15) is 4.79 Å². The van der Waals surface area contributed by atoms with Gasteiger partial charge in [-0.2, -0.15) is 0 Å². The van der Waals surface area contributed by atoms with Crippen molar-refractivity contribution in [1.82, 2.24) is 14.9 Å². The number of hydrogen-bond donors (Lipinski definition) is 1. The van der Waals surface area contributed by atoms with Crippen LogP contribution in [0, 0.1) is 0 Å². The molecule has 0 unspecified atom stereocenters. The molecule has 5 heteroatoms. The molecule has 128 valence electrons. The fourth-order valence-electron chi connectivity index (χ4n) is 2.60. The molecule has 1 amide bonds. The Bertz CT molecular complexity index is 782. The van der Waals surface area contributed by atoms with Gasteiger partial charge in [-0.25, -0.2) is 4.98 Å². The molecule has 0 aliphatic carbocycles. The van der Waals surface area contributed by atoms with Crippen molar-refractivity contribution >= 4 is 11.6 Å². The summed E-state index contributed by atoms with van der Waals surface area (Å²) in [5, 5.41) is 2.97. The van der Waals surface area contributed by atoms with Crippen molar-refractivity contribution < 1.29 is 4.79 Å². The number of para-hydroxylation sites is 1. The van der Waals surface area contributed by atoms with E-state index in [-0.39, 0.29) is 5.91 Å². The SMILES string of the molecule is CN(CC(=O)NCc1ccc(Cn2ccnc2)cc1)c1ccccc1. The molecule has 0 spiro atoms. The molecule has 1 N–H and O–H groups in total. The molecule has 25 heavy (non-hydrogen) atoms. The van der Waals surface area contributed by atoms with Crippen molar-refractivity contribution in [3.63, 3.8) is 0 Å². The molecule has 3 rings (SSSR count). The number of amides is 1. The number of rotatable bonds is 7. The van der Waals surface area contributed by atoms with Crippen LogP contribution in [0.4, 0.5) is 5.69 Å². The summed E-state index contributed by atoms with van der Waals surface area (Å²) in [6, 6.07) is 18.1. The Kier molecular flexibility index (Phi) is 5.46. The maximum absolute atomic E-state index is 12.1. The van der Waals surface area contributed by atoms with Crippen LogP contribution in [-0.2, 0) is 17.9 Å². The minimum atomic E-state index is 0.00819. The van der Waals surface area contributed by atoms with Crippen LogP contribution in [0.2, 0.25) is 0 Å². The Morgan fingerprint density at radius 1 is 1.08 bits per heavy atom. The highest BCUT2D eigenvalue weighted by atomic mass is 16.2. The smallest absolute Gasteiger partial charge is 0.239 e. The second-order valence-corrected chi connectivity index (χ2v) is 6.02. The zero-order valence-corrected chi connectivity index (χ0v) is 14.3. The largest absolute Gasteiger partial charge is 0.365 e. The Balaban J connectivity index is 1.47. The number of carbonyl (C=O) groups excluding carboxylic acids is 1. The van der Waals surface area contributed by atoms with Crippen molar-refractivity contribution in [2.45, 2.75) is 13.1 Å². The lowest BCUT2D eigenvalue weighted by Crippen LogP contribution is -2.34. The molecular weight excluding hydrogens is 312 g/mol. The maximum atomic E-state index is 12.1. The molecule has 0 saturated heterocycles. The van der Waals surface area contributed by atoms with E-state index in [4.69, 9.17) is 0 Å². The number of nitrogens with one attached hydrogen (secondary N) is 1. The molecule has 0 aliphatic rings. The van der Waals surface area contributed by atoms with Crippen LogP contribution in [0.1, 0.15) is 11.1 Å². The quantitative estimate of drug-likeness (QED) is 0.723. The van der Waals surface area contributed by atoms with Crippen molar-refractivity contribution in [2.75, 3.05) is 18.5 Å². The first-order valence-electron chi connectivity index (χ1n) is 8.27. The highest BCUT2D eigenvalue weighted by molar-refractivity contribution is 5.81. The van der Waals surface area contributed by atoms with Gasteiger partial charge in [0.15, 0.2) is 0 Å². The number of carbonyl (C=O) groups is 1. The van der Waals surface area contributed by atoms with E-state index in [0.717, 1.165) is 17.8 Å². The molecule has 0 bridgehead atoms. The molecule has 2 aromatic carbocycles. The van der Waals surface area contributed by atoms with Crippen LogP contribution in [0.3, 0.4) is 0 Å². The standard InChI is InChI=1S/C20H22N4O/c1-23(19-5-3-2-4-6-19)15-20(25)22-13-17-7-9-18(10-8-17)14-24-12-11-21-16-24/h2-12,16H,13-15H2,1H3,(H,22,25). The number of benzene rings is 2. The molecule has 0 saturated carbocycles. The summed E-state index contributed by atoms with van der Waals surface area (Å²) < 4.78 is 2.02. The van der Waals surface area contributed by atoms with Gasteiger partial charge < -0.3 is 14.8 Å². The molecule has 1 heterocycles. The van der Waals surface area contributed by atoms with Crippen molar-refractivity contribution in [3.05, 3.63) is 84.4 Å². The minimum absolute atomic E-state index is 0.00819. The number of aromatic nitrogens is 2. The summed E-state index contributed by atoms with van der Waals surface area (Å²) in [7, 11) is 1.92. The zero-order chi connectivity index (χ0) is 17.5. The molecule has 3 aromatic rings. The summed E-state index contributed by atoms with van der Waals surface area (Å²) in [6.07, 6.45) is 5.52. The van der Waals surface area contributed by atoms with Gasteiger partial charge in [0.1, 0.15) is 0 Å². The Labute approximate surface area is 147 Å². The maximum Gasteiger partial charge on any atom is 0.239 e. The topological polar surface area (TPSA) is 50.2 Å². The van der Waals surface area contributed by atoms with Crippen LogP contribution in [0.25, 0.3) is 0 Å². The first-order valence-corrected chi connectivity index (χ1v) is 8.27. The van der Waals surface area contributed by atoms with E-state index in [0.29, 0.717) is 13.1 Å². The van der Waals surface area contributed by atoms with E-state index in [1.54, 1.807) is 12.5 Å². The van der Waals surface area contributed by atoms with Gasteiger partial charge in [-0.15, -0.1) is 0 Å². The van der Waals surface area contributed by atoms with Gasteiger partial charge >= 0.3 is 0 Å². The molecule has 0 aliphatic heterocycles. The van der Waals surface area contributed by atoms with Crippen LogP contribution in [-0.4, -0.2) is 29.1 Å². The summed E-state index contributed by atoms with van der Waals surface area (Å²) in [4.78, 5) is 18.1. The van der Waals surface area contributed by atoms with Crippen LogP contribution >= 0.6 is 0 Å². The first-order chi connectivity index (χ1) is 12.2. The highest BCUT2D eigenvalue weighted by Gasteiger charge is 2.07. The third kappa shape index (κ3) is 4.94. The minimum Gasteiger partial charge on any atom is -0.365 e. The second kappa shape index (κ2) is 8.15. The molecule has 0 radical (unpaired) electrons. The van der Waals surface area contributed by atoms with Gasteiger partial charge in [0.25, 0.3) is 0 Å². The zero-order valence-electron chi connectivity index (χ0n) is 14.3. The lowest BCUT2D eigenvalue weighted by atomic mass is 10.1. The third-order valence-electron chi connectivity index (χ3n) is 4.01. The van der Waals surface area contributed by atoms with Crippen molar-refractivity contribution in [2.24, 2.45) is 0 Å². The lowest BCUT2D eigenvalue weighted by Gasteiger charge is -2.18. The average molecular weight is 334 g/mol. The first kappa shape index (κ1) is 16.8. The third-order valence-corrected chi connectivity index (χ3v) is 4.01. The predicted molar refractivity (Wildman–Crippen MR) is 99.3 cm³/mol. The van der Waals surface area contributed by atoms with Crippen LogP contribution < -0.4 is 10.2 Å². The number of nitrogens with zero attached hydrogens (tertiary/aromatic N) is 3. The molecule has 5 nitrogen and oxygen atoms in total. The van der Waals surface area contributed by atoms with Gasteiger partial charge in [0.2, 0.25) is 5.91 Å². The summed E-state index contributed by atoms with van der Waals surface area (Å²) in [5.41, 5.74) is 3.32. The van der Waals surface area contributed by atoms with E-state index in [1.807, 2.05) is 65.2 Å². The summed E-state index contributed by atoms with van der Waals surface area (Å²) >= 11 is 0. The summed E-state index contributed by atoms with van der Waals surface area (Å²) in [6.45, 7) is 1.67. The van der Waals surface area contributed by atoms with Crippen LogP contribution in [0.5, 0.6) is 0 Å². The fraction of sp³-hybridized carbons (Fsp3) is 0.200. The highest BCUT2D eigenvalue weighted by Crippen LogP contribution is 2.10. The predicted octanol–water partition coefficient (Wildman–Crippen LogP) is 2.68. The number of hydrogen-bond acceptors (Lipinski definition) is 3. The van der Waals surface area contributed by atoms with Crippen LogP contribution in [0.15, 0.2) is 73.3 Å². The van der Waals surface area contributed by atoms with E-state index in [1.165, 1.54) is 5.56 Å². The van der Waals surface area contributed by atoms with Gasteiger partial charge in [-0.05, 0) is 23.3 Å². The summed E-state index contributed by atoms with van der Waals surface area (Å²) in [5.74, 6) is 0.00819. The van der Waals surface area contributed by atoms with Gasteiger partial charge in [0.05, 0.1) is 12.9 Å². The van der Waals surface area contributed by atoms with E-state index in [2.05, 4.69) is 22.4 Å². The number of likely N-dealkylation sites (N-methyl/N-ethyl adjacent to an activating group) is 1. The molecule has 0 atom stereocenters. The number of imidazole rings is 1. The van der Waals surface area contributed by atoms with E-state index >= 15 is 0 Å². The van der Waals surface area contributed by atoms with Gasteiger partial charge in [0, 0.05) is 38.2 Å². The number of anilines is 1. The molecule has 0 fully saturated rings. The second-order valence-electron chi connectivity index (χ2n) is 6.02. The van der Waals surface area contributed by atoms with Crippen molar-refractivity contribution in [3.8, 4) is 0 Å². The fourth-order valence-corrected chi connectivity index (χ4v) is 2.60. The Hall–Kier alpha value is -3.08. The molecule has 1 aromatic heterocycles. The Morgan fingerprint density at radius 2 is 1.80 bits per heavy atom. The normalized spacial score (nSPS) is 10.4. The monoisotopic (exact) mass is 334 g/mol.